The zero-order valence-electron chi connectivity index (χ0n) is 9.91. The molecule has 3 rings (SSSR count). The normalized spacial score (nSPS) is 15.4. The lowest BCUT2D eigenvalue weighted by atomic mass is 10.0. The van der Waals surface area contributed by atoms with Crippen molar-refractivity contribution < 1.29 is 9.90 Å². The molecule has 1 heterocycles. The summed E-state index contributed by atoms with van der Waals surface area (Å²) < 4.78 is 1.12. The average Bonchev–Trinajstić information content (AvgIpc) is 3.02. The van der Waals surface area contributed by atoms with Crippen molar-refractivity contribution in [2.24, 2.45) is 0 Å². The Hall–Kier alpha value is -1.35. The molecule has 1 aromatic heterocycles. The highest BCUT2D eigenvalue weighted by Gasteiger charge is 2.31. The van der Waals surface area contributed by atoms with Gasteiger partial charge in [0.1, 0.15) is 4.88 Å². The van der Waals surface area contributed by atoms with Crippen LogP contribution in [-0.4, -0.2) is 11.1 Å². The van der Waals surface area contributed by atoms with Gasteiger partial charge in [-0.25, -0.2) is 4.79 Å². The van der Waals surface area contributed by atoms with Gasteiger partial charge in [-0.05, 0) is 60.7 Å². The Labute approximate surface area is 104 Å². The van der Waals surface area contributed by atoms with E-state index < -0.39 is 5.97 Å². The van der Waals surface area contributed by atoms with Gasteiger partial charge in [0.2, 0.25) is 0 Å². The second-order valence-electron chi connectivity index (χ2n) is 4.86. The van der Waals surface area contributed by atoms with Crippen LogP contribution in [0.5, 0.6) is 0 Å². The number of benzene rings is 1. The van der Waals surface area contributed by atoms with Crippen molar-refractivity contribution >= 4 is 27.4 Å². The zero-order chi connectivity index (χ0) is 12.2. The van der Waals surface area contributed by atoms with Crippen LogP contribution in [0.1, 0.15) is 45.1 Å². The fourth-order valence-corrected chi connectivity index (χ4v) is 3.52. The van der Waals surface area contributed by atoms with E-state index in [0.717, 1.165) is 28.5 Å². The van der Waals surface area contributed by atoms with Crippen LogP contribution in [0.15, 0.2) is 12.1 Å². The largest absolute Gasteiger partial charge is 0.477 e. The minimum atomic E-state index is -0.775. The van der Waals surface area contributed by atoms with Crippen molar-refractivity contribution in [3.05, 3.63) is 33.7 Å². The van der Waals surface area contributed by atoms with Crippen molar-refractivity contribution in [2.75, 3.05) is 0 Å². The fraction of sp³-hybridized carbons (Fsp3) is 0.357. The molecule has 0 aliphatic heterocycles. The van der Waals surface area contributed by atoms with Crippen LogP contribution in [0.3, 0.4) is 0 Å². The Morgan fingerprint density at radius 3 is 2.53 bits per heavy atom. The number of carboxylic acids is 1. The molecule has 17 heavy (non-hydrogen) atoms. The number of hydrogen-bond acceptors (Lipinski definition) is 2. The maximum atomic E-state index is 11.3. The van der Waals surface area contributed by atoms with Crippen LogP contribution in [0.25, 0.3) is 10.1 Å². The first-order valence-electron chi connectivity index (χ1n) is 5.85. The highest BCUT2D eigenvalue weighted by Crippen LogP contribution is 2.48. The predicted octanol–water partition coefficient (Wildman–Crippen LogP) is 4.09. The summed E-state index contributed by atoms with van der Waals surface area (Å²) in [5, 5.41) is 10.5. The summed E-state index contributed by atoms with van der Waals surface area (Å²) in [5.74, 6) is -0.291. The number of carboxylic acid groups (broad SMARTS) is 1. The first-order chi connectivity index (χ1) is 8.08. The van der Waals surface area contributed by atoms with Gasteiger partial charge in [-0.2, -0.15) is 0 Å². The Morgan fingerprint density at radius 2 is 1.94 bits per heavy atom. The monoisotopic (exact) mass is 246 g/mol. The van der Waals surface area contributed by atoms with Gasteiger partial charge in [-0.3, -0.25) is 0 Å². The summed E-state index contributed by atoms with van der Waals surface area (Å²) in [6, 6.07) is 4.27. The van der Waals surface area contributed by atoms with Crippen LogP contribution in [-0.2, 0) is 0 Å². The number of carbonyl (C=O) groups is 1. The van der Waals surface area contributed by atoms with E-state index in [4.69, 9.17) is 0 Å². The third kappa shape index (κ3) is 1.65. The highest BCUT2D eigenvalue weighted by atomic mass is 32.1. The molecule has 1 fully saturated rings. The van der Waals surface area contributed by atoms with Gasteiger partial charge in [0.25, 0.3) is 0 Å². The molecule has 2 aromatic rings. The second kappa shape index (κ2) is 3.57. The van der Waals surface area contributed by atoms with Crippen LogP contribution in [0.2, 0.25) is 0 Å². The molecule has 1 N–H and O–H groups in total. The van der Waals surface area contributed by atoms with E-state index in [1.54, 1.807) is 0 Å². The number of aromatic carboxylic acids is 1. The van der Waals surface area contributed by atoms with Crippen molar-refractivity contribution in [2.45, 2.75) is 32.6 Å². The van der Waals surface area contributed by atoms with Crippen LogP contribution >= 0.6 is 11.3 Å². The molecule has 0 amide bonds. The third-order valence-corrected chi connectivity index (χ3v) is 4.68. The summed E-state index contributed by atoms with van der Waals surface area (Å²) in [6.45, 7) is 4.16. The molecule has 0 saturated heterocycles. The van der Waals surface area contributed by atoms with E-state index in [9.17, 15) is 9.90 Å². The molecule has 0 atom stereocenters. The molecule has 2 nitrogen and oxygen atoms in total. The maximum absolute atomic E-state index is 11.3. The summed E-state index contributed by atoms with van der Waals surface area (Å²) >= 11 is 1.42. The minimum Gasteiger partial charge on any atom is -0.477 e. The maximum Gasteiger partial charge on any atom is 0.346 e. The molecular formula is C14H14O2S. The molecule has 1 saturated carbocycles. The molecule has 0 unspecified atom stereocenters. The van der Waals surface area contributed by atoms with E-state index in [0.29, 0.717) is 10.8 Å². The Morgan fingerprint density at radius 1 is 1.29 bits per heavy atom. The van der Waals surface area contributed by atoms with Crippen molar-refractivity contribution in [1.29, 1.82) is 0 Å². The summed E-state index contributed by atoms with van der Waals surface area (Å²) in [5.41, 5.74) is 3.56. The minimum absolute atomic E-state index is 0.483. The molecule has 0 bridgehead atoms. The number of thiophene rings is 1. The number of fused-ring (bicyclic) bond motifs is 1. The van der Waals surface area contributed by atoms with Gasteiger partial charge >= 0.3 is 5.97 Å². The third-order valence-electron chi connectivity index (χ3n) is 3.52. The lowest BCUT2D eigenvalue weighted by Gasteiger charge is -2.02. The van der Waals surface area contributed by atoms with Crippen LogP contribution < -0.4 is 0 Å². The van der Waals surface area contributed by atoms with Crippen molar-refractivity contribution in [1.82, 2.24) is 0 Å². The SMILES string of the molecule is Cc1cc2sc(C(=O)O)c(C3CC3)c2cc1C. The standard InChI is InChI=1S/C14H14O2S/c1-7-5-10-11(6-8(7)2)17-13(14(15)16)12(10)9-3-4-9/h5-6,9H,3-4H2,1-2H3,(H,15,16). The Bertz CT molecular complexity index is 621. The first-order valence-corrected chi connectivity index (χ1v) is 6.66. The molecular weight excluding hydrogens is 232 g/mol. The van der Waals surface area contributed by atoms with E-state index in [1.165, 1.54) is 22.5 Å². The van der Waals surface area contributed by atoms with Gasteiger partial charge in [0, 0.05) is 4.70 Å². The Balaban J connectivity index is 2.34. The smallest absolute Gasteiger partial charge is 0.346 e. The van der Waals surface area contributed by atoms with Gasteiger partial charge in [0.05, 0.1) is 0 Å². The molecule has 1 aliphatic rings. The van der Waals surface area contributed by atoms with E-state index in [1.807, 2.05) is 0 Å². The molecule has 0 radical (unpaired) electrons. The first kappa shape index (κ1) is 10.8. The molecule has 88 valence electrons. The zero-order valence-corrected chi connectivity index (χ0v) is 10.7. The van der Waals surface area contributed by atoms with E-state index >= 15 is 0 Å². The Kier molecular flexibility index (Phi) is 2.26. The number of aryl methyl sites for hydroxylation is 2. The predicted molar refractivity (Wildman–Crippen MR) is 70.2 cm³/mol. The lowest BCUT2D eigenvalue weighted by molar-refractivity contribution is 0.0701. The van der Waals surface area contributed by atoms with Crippen molar-refractivity contribution in [3.63, 3.8) is 0 Å². The van der Waals surface area contributed by atoms with Crippen LogP contribution in [0.4, 0.5) is 0 Å². The quantitative estimate of drug-likeness (QED) is 0.866. The highest BCUT2D eigenvalue weighted by molar-refractivity contribution is 7.21. The van der Waals surface area contributed by atoms with E-state index in [-0.39, 0.29) is 0 Å². The fourth-order valence-electron chi connectivity index (χ4n) is 2.31. The van der Waals surface area contributed by atoms with Gasteiger partial charge in [-0.15, -0.1) is 11.3 Å². The summed E-state index contributed by atoms with van der Waals surface area (Å²) in [6.07, 6.45) is 2.28. The molecule has 3 heteroatoms. The van der Waals surface area contributed by atoms with Gasteiger partial charge < -0.3 is 5.11 Å². The van der Waals surface area contributed by atoms with Gasteiger partial charge in [-0.1, -0.05) is 6.07 Å². The van der Waals surface area contributed by atoms with Crippen LogP contribution in [0, 0.1) is 13.8 Å². The molecule has 0 spiro atoms. The molecule has 1 aromatic carbocycles. The second-order valence-corrected chi connectivity index (χ2v) is 5.91. The molecule has 1 aliphatic carbocycles. The van der Waals surface area contributed by atoms with E-state index in [2.05, 4.69) is 26.0 Å². The number of hydrogen-bond donors (Lipinski definition) is 1. The summed E-state index contributed by atoms with van der Waals surface area (Å²) in [7, 11) is 0. The number of rotatable bonds is 2. The summed E-state index contributed by atoms with van der Waals surface area (Å²) in [4.78, 5) is 11.9. The topological polar surface area (TPSA) is 37.3 Å². The van der Waals surface area contributed by atoms with Gasteiger partial charge in [0.15, 0.2) is 0 Å². The average molecular weight is 246 g/mol. The van der Waals surface area contributed by atoms with Crippen molar-refractivity contribution in [3.8, 4) is 0 Å². The lowest BCUT2D eigenvalue weighted by Crippen LogP contribution is -1.96.